The molecule has 1 aliphatic rings. The number of hydrogen-bond acceptors (Lipinski definition) is 2. The fourth-order valence-electron chi connectivity index (χ4n) is 4.63. The number of hydrogen-bond donors (Lipinski definition) is 2. The predicted molar refractivity (Wildman–Crippen MR) is 141 cm³/mol. The van der Waals surface area contributed by atoms with Crippen LogP contribution in [0.3, 0.4) is 0 Å². The van der Waals surface area contributed by atoms with Crippen LogP contribution >= 0.6 is 0 Å². The monoisotopic (exact) mass is 465 g/mol. The molecule has 4 aromatic rings. The number of benzene rings is 3. The summed E-state index contributed by atoms with van der Waals surface area (Å²) in [6.45, 7) is 5.25. The Morgan fingerprint density at radius 3 is 2.49 bits per heavy atom. The fourth-order valence-corrected chi connectivity index (χ4v) is 4.63. The van der Waals surface area contributed by atoms with E-state index in [9.17, 15) is 9.59 Å². The Morgan fingerprint density at radius 1 is 0.943 bits per heavy atom. The van der Waals surface area contributed by atoms with Gasteiger partial charge in [0.1, 0.15) is 5.69 Å². The van der Waals surface area contributed by atoms with E-state index in [-0.39, 0.29) is 17.7 Å². The van der Waals surface area contributed by atoms with Gasteiger partial charge in [0.25, 0.3) is 5.91 Å². The first-order valence-corrected chi connectivity index (χ1v) is 12.3. The molecular weight excluding hydrogens is 434 g/mol. The molecule has 0 atom stereocenters. The molecule has 1 saturated carbocycles. The standard InChI is InChI=1S/C30H31N3O2/c1-20-11-12-21(2)25(15-20)19-33-27-14-13-26(32-29(34)23-9-6-10-23)16-24(27)17-28(33)30(35)31-18-22-7-4-3-5-8-22/h3-5,7-8,11-17,23H,6,9-10,18-19H2,1-2H3,(H,31,35)(H,32,34). The number of carbonyl (C=O) groups excluding carboxylic acids is 2. The van der Waals surface area contributed by atoms with E-state index >= 15 is 0 Å². The Bertz CT molecular complexity index is 1380. The van der Waals surface area contributed by atoms with Crippen molar-refractivity contribution in [2.45, 2.75) is 46.2 Å². The molecule has 2 N–H and O–H groups in total. The number of nitrogens with zero attached hydrogens (tertiary/aromatic N) is 1. The molecule has 1 fully saturated rings. The lowest BCUT2D eigenvalue weighted by atomic mass is 9.85. The van der Waals surface area contributed by atoms with Gasteiger partial charge in [0, 0.05) is 35.6 Å². The second kappa shape index (κ2) is 9.79. The van der Waals surface area contributed by atoms with Crippen molar-refractivity contribution in [2.24, 2.45) is 5.92 Å². The molecule has 0 bridgehead atoms. The quantitative estimate of drug-likeness (QED) is 0.353. The lowest BCUT2D eigenvalue weighted by Crippen LogP contribution is -2.27. The Hall–Kier alpha value is -3.86. The van der Waals surface area contributed by atoms with Crippen molar-refractivity contribution in [3.05, 3.63) is 101 Å². The summed E-state index contributed by atoms with van der Waals surface area (Å²) in [7, 11) is 0. The van der Waals surface area contributed by atoms with Crippen LogP contribution in [0.5, 0.6) is 0 Å². The van der Waals surface area contributed by atoms with E-state index in [0.717, 1.165) is 41.4 Å². The maximum Gasteiger partial charge on any atom is 0.268 e. The van der Waals surface area contributed by atoms with Crippen LogP contribution in [0.15, 0.2) is 72.8 Å². The van der Waals surface area contributed by atoms with Gasteiger partial charge in [-0.15, -0.1) is 0 Å². The Balaban J connectivity index is 1.48. The largest absolute Gasteiger partial charge is 0.347 e. The van der Waals surface area contributed by atoms with Gasteiger partial charge in [-0.2, -0.15) is 0 Å². The maximum absolute atomic E-state index is 13.3. The zero-order valence-electron chi connectivity index (χ0n) is 20.3. The molecule has 35 heavy (non-hydrogen) atoms. The van der Waals surface area contributed by atoms with Gasteiger partial charge in [-0.3, -0.25) is 9.59 Å². The van der Waals surface area contributed by atoms with Crippen molar-refractivity contribution in [1.29, 1.82) is 0 Å². The normalized spacial score (nSPS) is 13.4. The van der Waals surface area contributed by atoms with Gasteiger partial charge in [0.15, 0.2) is 0 Å². The highest BCUT2D eigenvalue weighted by Gasteiger charge is 2.25. The van der Waals surface area contributed by atoms with Gasteiger partial charge < -0.3 is 15.2 Å². The molecule has 5 nitrogen and oxygen atoms in total. The minimum Gasteiger partial charge on any atom is -0.347 e. The minimum absolute atomic E-state index is 0.0891. The topological polar surface area (TPSA) is 63.1 Å². The predicted octanol–water partition coefficient (Wildman–Crippen LogP) is 5.98. The van der Waals surface area contributed by atoms with E-state index in [1.807, 2.05) is 54.6 Å². The summed E-state index contributed by atoms with van der Waals surface area (Å²) < 4.78 is 2.08. The highest BCUT2D eigenvalue weighted by molar-refractivity contribution is 6.01. The maximum atomic E-state index is 13.3. The van der Waals surface area contributed by atoms with Crippen LogP contribution < -0.4 is 10.6 Å². The highest BCUT2D eigenvalue weighted by Crippen LogP contribution is 2.29. The summed E-state index contributed by atoms with van der Waals surface area (Å²) in [6, 6.07) is 24.2. The van der Waals surface area contributed by atoms with E-state index in [4.69, 9.17) is 0 Å². The zero-order chi connectivity index (χ0) is 24.4. The van der Waals surface area contributed by atoms with Crippen molar-refractivity contribution in [1.82, 2.24) is 9.88 Å². The SMILES string of the molecule is Cc1ccc(C)c(Cn2c(C(=O)NCc3ccccc3)cc3cc(NC(=O)C4CCC4)ccc32)c1. The number of anilines is 1. The summed E-state index contributed by atoms with van der Waals surface area (Å²) >= 11 is 0. The lowest BCUT2D eigenvalue weighted by Gasteiger charge is -2.24. The Labute approximate surface area is 206 Å². The number of rotatable bonds is 7. The van der Waals surface area contributed by atoms with Crippen molar-refractivity contribution in [3.8, 4) is 0 Å². The van der Waals surface area contributed by atoms with Gasteiger partial charge in [-0.1, -0.05) is 60.5 Å². The molecule has 0 radical (unpaired) electrons. The third-order valence-corrected chi connectivity index (χ3v) is 7.01. The van der Waals surface area contributed by atoms with Gasteiger partial charge in [0.2, 0.25) is 5.91 Å². The van der Waals surface area contributed by atoms with E-state index in [1.165, 1.54) is 16.7 Å². The van der Waals surface area contributed by atoms with E-state index in [2.05, 4.69) is 47.2 Å². The molecule has 0 saturated heterocycles. The molecule has 0 unspecified atom stereocenters. The van der Waals surface area contributed by atoms with Crippen LogP contribution in [0.2, 0.25) is 0 Å². The first-order chi connectivity index (χ1) is 17.0. The number of nitrogens with one attached hydrogen (secondary N) is 2. The fraction of sp³-hybridized carbons (Fsp3) is 0.267. The molecule has 5 heteroatoms. The molecular formula is C30H31N3O2. The summed E-state index contributed by atoms with van der Waals surface area (Å²) in [6.07, 6.45) is 3.05. The number of carbonyl (C=O) groups is 2. The van der Waals surface area contributed by atoms with Gasteiger partial charge in [-0.05, 0) is 67.6 Å². The third kappa shape index (κ3) is 4.99. The van der Waals surface area contributed by atoms with E-state index in [0.29, 0.717) is 18.8 Å². The van der Waals surface area contributed by atoms with Crippen LogP contribution in [0, 0.1) is 19.8 Å². The second-order valence-corrected chi connectivity index (χ2v) is 9.60. The van der Waals surface area contributed by atoms with Crippen molar-refractivity contribution in [3.63, 3.8) is 0 Å². The first-order valence-electron chi connectivity index (χ1n) is 12.3. The van der Waals surface area contributed by atoms with Crippen molar-refractivity contribution in [2.75, 3.05) is 5.32 Å². The highest BCUT2D eigenvalue weighted by atomic mass is 16.2. The Kier molecular flexibility index (Phi) is 6.41. The average molecular weight is 466 g/mol. The number of amides is 2. The van der Waals surface area contributed by atoms with Crippen molar-refractivity contribution < 1.29 is 9.59 Å². The molecule has 3 aromatic carbocycles. The van der Waals surface area contributed by atoms with Gasteiger partial charge in [0.05, 0.1) is 0 Å². The molecule has 2 amide bonds. The zero-order valence-corrected chi connectivity index (χ0v) is 20.3. The van der Waals surface area contributed by atoms with E-state index in [1.54, 1.807) is 0 Å². The molecule has 0 spiro atoms. The molecule has 0 aliphatic heterocycles. The number of aromatic nitrogens is 1. The van der Waals surface area contributed by atoms with Gasteiger partial charge in [-0.25, -0.2) is 0 Å². The van der Waals surface area contributed by atoms with Crippen LogP contribution in [0.25, 0.3) is 10.9 Å². The molecule has 1 aliphatic carbocycles. The van der Waals surface area contributed by atoms with Crippen LogP contribution in [-0.4, -0.2) is 16.4 Å². The van der Waals surface area contributed by atoms with Crippen LogP contribution in [0.4, 0.5) is 5.69 Å². The molecule has 5 rings (SSSR count). The molecule has 1 heterocycles. The lowest BCUT2D eigenvalue weighted by molar-refractivity contribution is -0.122. The number of aryl methyl sites for hydroxylation is 2. The Morgan fingerprint density at radius 2 is 1.74 bits per heavy atom. The van der Waals surface area contributed by atoms with Crippen LogP contribution in [-0.2, 0) is 17.9 Å². The first kappa shape index (κ1) is 22.9. The molecule has 178 valence electrons. The summed E-state index contributed by atoms with van der Waals surface area (Å²) in [5, 5.41) is 7.07. The third-order valence-electron chi connectivity index (χ3n) is 7.01. The van der Waals surface area contributed by atoms with Crippen molar-refractivity contribution >= 4 is 28.4 Å². The number of fused-ring (bicyclic) bond motifs is 1. The summed E-state index contributed by atoms with van der Waals surface area (Å²) in [4.78, 5) is 25.8. The summed E-state index contributed by atoms with van der Waals surface area (Å²) in [5.74, 6) is 0.0978. The smallest absolute Gasteiger partial charge is 0.268 e. The second-order valence-electron chi connectivity index (χ2n) is 9.60. The summed E-state index contributed by atoms with van der Waals surface area (Å²) in [5.41, 5.74) is 6.97. The molecule has 1 aromatic heterocycles. The average Bonchev–Trinajstić information content (AvgIpc) is 3.17. The minimum atomic E-state index is -0.115. The van der Waals surface area contributed by atoms with Crippen LogP contribution in [0.1, 0.15) is 52.0 Å². The van der Waals surface area contributed by atoms with Gasteiger partial charge >= 0.3 is 0 Å². The van der Waals surface area contributed by atoms with E-state index < -0.39 is 0 Å².